The van der Waals surface area contributed by atoms with Gasteiger partial charge < -0.3 is 0 Å². The lowest BCUT2D eigenvalue weighted by atomic mass is 10.1. The Morgan fingerprint density at radius 2 is 1.42 bits per heavy atom. The maximum absolute atomic E-state index is 4.66. The fraction of sp³-hybridized carbons (Fsp3) is 0.0588. The van der Waals surface area contributed by atoms with Crippen LogP contribution in [0.25, 0.3) is 32.8 Å². The average molecular weight is 244 g/mol. The number of benzene rings is 2. The number of para-hydroxylation sites is 1. The number of hydrogen-bond acceptors (Lipinski definition) is 2. The van der Waals surface area contributed by atoms with Gasteiger partial charge in [0.1, 0.15) is 0 Å². The topological polar surface area (TPSA) is 25.8 Å². The third-order valence-corrected chi connectivity index (χ3v) is 3.45. The van der Waals surface area contributed by atoms with Crippen molar-refractivity contribution >= 4 is 32.8 Å². The first-order chi connectivity index (χ1) is 9.29. The van der Waals surface area contributed by atoms with Gasteiger partial charge in [-0.1, -0.05) is 29.8 Å². The van der Waals surface area contributed by atoms with E-state index in [4.69, 9.17) is 0 Å². The first kappa shape index (κ1) is 10.4. The summed E-state index contributed by atoms with van der Waals surface area (Å²) >= 11 is 0. The molecule has 2 aromatic heterocycles. The molecule has 0 fully saturated rings. The van der Waals surface area contributed by atoms with Crippen LogP contribution in [0.4, 0.5) is 0 Å². The second-order valence-electron chi connectivity index (χ2n) is 4.91. The lowest BCUT2D eigenvalue weighted by Crippen LogP contribution is -1.88. The zero-order valence-corrected chi connectivity index (χ0v) is 10.6. The molecule has 0 aliphatic carbocycles. The molecular weight excluding hydrogens is 232 g/mol. The normalized spacial score (nSPS) is 11.4. The standard InChI is InChI=1S/C17H12N2/c1-11-6-7-16-13(8-11)10-14-9-12-4-2-3-5-15(12)18-17(14)19-16/h2-10H,1H3. The number of nitrogens with zero attached hydrogens (tertiary/aromatic N) is 2. The molecule has 0 spiro atoms. The monoisotopic (exact) mass is 244 g/mol. The molecule has 0 N–H and O–H groups in total. The fourth-order valence-corrected chi connectivity index (χ4v) is 2.49. The van der Waals surface area contributed by atoms with Gasteiger partial charge in [-0.15, -0.1) is 0 Å². The zero-order valence-electron chi connectivity index (χ0n) is 10.6. The molecule has 2 heterocycles. The van der Waals surface area contributed by atoms with Gasteiger partial charge >= 0.3 is 0 Å². The highest BCUT2D eigenvalue weighted by atomic mass is 14.8. The smallest absolute Gasteiger partial charge is 0.160 e. The van der Waals surface area contributed by atoms with E-state index in [9.17, 15) is 0 Å². The van der Waals surface area contributed by atoms with E-state index < -0.39 is 0 Å². The second kappa shape index (κ2) is 3.75. The summed E-state index contributed by atoms with van der Waals surface area (Å²) in [6.07, 6.45) is 0. The second-order valence-corrected chi connectivity index (χ2v) is 4.91. The molecule has 4 rings (SSSR count). The van der Waals surface area contributed by atoms with Crippen molar-refractivity contribution in [1.29, 1.82) is 0 Å². The van der Waals surface area contributed by atoms with Crippen LogP contribution < -0.4 is 0 Å². The van der Waals surface area contributed by atoms with Crippen molar-refractivity contribution in [2.24, 2.45) is 0 Å². The molecule has 0 radical (unpaired) electrons. The Bertz CT molecular complexity index is 926. The number of rotatable bonds is 0. The van der Waals surface area contributed by atoms with Crippen LogP contribution in [-0.2, 0) is 0 Å². The molecule has 0 unspecified atom stereocenters. The van der Waals surface area contributed by atoms with Crippen molar-refractivity contribution in [1.82, 2.24) is 9.97 Å². The maximum atomic E-state index is 4.66. The van der Waals surface area contributed by atoms with E-state index in [0.717, 1.165) is 27.5 Å². The Morgan fingerprint density at radius 3 is 2.32 bits per heavy atom. The van der Waals surface area contributed by atoms with E-state index in [2.05, 4.69) is 53.3 Å². The van der Waals surface area contributed by atoms with Crippen molar-refractivity contribution in [3.8, 4) is 0 Å². The molecule has 90 valence electrons. The molecule has 2 nitrogen and oxygen atoms in total. The van der Waals surface area contributed by atoms with E-state index in [1.54, 1.807) is 0 Å². The predicted octanol–water partition coefficient (Wildman–Crippen LogP) is 4.24. The van der Waals surface area contributed by atoms with Crippen molar-refractivity contribution in [3.63, 3.8) is 0 Å². The number of pyridine rings is 2. The van der Waals surface area contributed by atoms with Crippen molar-refractivity contribution in [2.45, 2.75) is 6.92 Å². The summed E-state index contributed by atoms with van der Waals surface area (Å²) in [5, 5.41) is 3.42. The minimum Gasteiger partial charge on any atom is -0.228 e. The molecule has 19 heavy (non-hydrogen) atoms. The molecule has 0 saturated carbocycles. The Labute approximate surface area is 110 Å². The third-order valence-electron chi connectivity index (χ3n) is 3.45. The number of fused-ring (bicyclic) bond motifs is 3. The molecule has 0 bridgehead atoms. The highest BCUT2D eigenvalue weighted by Gasteiger charge is 2.03. The van der Waals surface area contributed by atoms with Gasteiger partial charge in [-0.05, 0) is 37.3 Å². The summed E-state index contributed by atoms with van der Waals surface area (Å²) in [6.45, 7) is 2.10. The van der Waals surface area contributed by atoms with Crippen molar-refractivity contribution in [2.75, 3.05) is 0 Å². The van der Waals surface area contributed by atoms with Crippen LogP contribution in [0.5, 0.6) is 0 Å². The summed E-state index contributed by atoms with van der Waals surface area (Å²) in [5.41, 5.74) is 4.06. The first-order valence-corrected chi connectivity index (χ1v) is 6.36. The first-order valence-electron chi connectivity index (χ1n) is 6.36. The van der Waals surface area contributed by atoms with Gasteiger partial charge in [-0.2, -0.15) is 0 Å². The van der Waals surface area contributed by atoms with Crippen LogP contribution >= 0.6 is 0 Å². The van der Waals surface area contributed by atoms with Gasteiger partial charge in [0, 0.05) is 16.2 Å². The molecule has 2 aromatic carbocycles. The summed E-state index contributed by atoms with van der Waals surface area (Å²) in [6, 6.07) is 18.8. The van der Waals surface area contributed by atoms with Crippen molar-refractivity contribution in [3.05, 3.63) is 60.2 Å². The summed E-state index contributed by atoms with van der Waals surface area (Å²) in [7, 11) is 0. The van der Waals surface area contributed by atoms with Crippen LogP contribution in [-0.4, -0.2) is 9.97 Å². The minimum atomic E-state index is 0.815. The highest BCUT2D eigenvalue weighted by molar-refractivity contribution is 5.97. The quantitative estimate of drug-likeness (QED) is 0.432. The number of aromatic nitrogens is 2. The molecule has 0 atom stereocenters. The van der Waals surface area contributed by atoms with E-state index in [1.807, 2.05) is 18.2 Å². The zero-order chi connectivity index (χ0) is 12.8. The molecule has 0 aliphatic heterocycles. The van der Waals surface area contributed by atoms with Crippen LogP contribution in [0.15, 0.2) is 54.6 Å². The SMILES string of the molecule is Cc1ccc2nc3nc4ccccc4cc3cc2c1. The van der Waals surface area contributed by atoms with Gasteiger partial charge in [0.2, 0.25) is 0 Å². The Kier molecular flexibility index (Phi) is 2.06. The predicted molar refractivity (Wildman–Crippen MR) is 79.3 cm³/mol. The Hall–Kier alpha value is -2.48. The summed E-state index contributed by atoms with van der Waals surface area (Å²) in [4.78, 5) is 9.30. The van der Waals surface area contributed by atoms with Gasteiger partial charge in [0.15, 0.2) is 5.65 Å². The van der Waals surface area contributed by atoms with Crippen LogP contribution in [0.3, 0.4) is 0 Å². The molecule has 2 heteroatoms. The van der Waals surface area contributed by atoms with Gasteiger partial charge in [0.25, 0.3) is 0 Å². The van der Waals surface area contributed by atoms with E-state index in [1.165, 1.54) is 10.9 Å². The molecule has 0 amide bonds. The summed E-state index contributed by atoms with van der Waals surface area (Å²) < 4.78 is 0. The van der Waals surface area contributed by atoms with Gasteiger partial charge in [0.05, 0.1) is 11.0 Å². The number of hydrogen-bond donors (Lipinski definition) is 0. The lowest BCUT2D eigenvalue weighted by Gasteiger charge is -2.04. The van der Waals surface area contributed by atoms with E-state index in [-0.39, 0.29) is 0 Å². The maximum Gasteiger partial charge on any atom is 0.160 e. The molecule has 0 aliphatic rings. The fourth-order valence-electron chi connectivity index (χ4n) is 2.49. The van der Waals surface area contributed by atoms with Gasteiger partial charge in [-0.3, -0.25) is 0 Å². The lowest BCUT2D eigenvalue weighted by molar-refractivity contribution is 1.37. The molecule has 4 aromatic rings. The van der Waals surface area contributed by atoms with E-state index >= 15 is 0 Å². The van der Waals surface area contributed by atoms with Crippen LogP contribution in [0, 0.1) is 6.92 Å². The van der Waals surface area contributed by atoms with E-state index in [0.29, 0.717) is 0 Å². The van der Waals surface area contributed by atoms with Crippen molar-refractivity contribution < 1.29 is 0 Å². The van der Waals surface area contributed by atoms with Gasteiger partial charge in [-0.25, -0.2) is 9.97 Å². The Balaban J connectivity index is 2.16. The van der Waals surface area contributed by atoms with Crippen LogP contribution in [0.1, 0.15) is 5.56 Å². The largest absolute Gasteiger partial charge is 0.228 e. The molecule has 0 saturated heterocycles. The third kappa shape index (κ3) is 1.65. The summed E-state index contributed by atoms with van der Waals surface area (Å²) in [5.74, 6) is 0. The van der Waals surface area contributed by atoms with Crippen LogP contribution in [0.2, 0.25) is 0 Å². The minimum absolute atomic E-state index is 0.815. The molecular formula is C17H12N2. The number of aryl methyl sites for hydroxylation is 1. The Morgan fingerprint density at radius 1 is 0.684 bits per heavy atom. The highest BCUT2D eigenvalue weighted by Crippen LogP contribution is 2.23. The average Bonchev–Trinajstić information content (AvgIpc) is 2.43.